The molecule has 0 saturated carbocycles. The van der Waals surface area contributed by atoms with Gasteiger partial charge in [0, 0.05) is 28.2 Å². The molecule has 8 heteroatoms. The number of hydrogen-bond donors (Lipinski definition) is 2. The maximum Gasteiger partial charge on any atom is 0.270 e. The number of hydrogen-bond acceptors (Lipinski definition) is 5. The molecule has 120 valence electrons. The third-order valence-electron chi connectivity index (χ3n) is 3.31. The molecule has 0 unspecified atom stereocenters. The van der Waals surface area contributed by atoms with Crippen molar-refractivity contribution in [3.05, 3.63) is 74.8 Å². The molecule has 0 aliphatic carbocycles. The number of anilines is 1. The molecule has 0 spiro atoms. The highest BCUT2D eigenvalue weighted by Crippen LogP contribution is 2.21. The highest BCUT2D eigenvalue weighted by atomic mass is 35.5. The van der Waals surface area contributed by atoms with Gasteiger partial charge in [0.05, 0.1) is 4.92 Å². The molecular weight excluding hydrogens is 334 g/mol. The van der Waals surface area contributed by atoms with Crippen LogP contribution in [0.2, 0.25) is 5.02 Å². The summed E-state index contributed by atoms with van der Waals surface area (Å²) in [5, 5.41) is 22.2. The lowest BCUT2D eigenvalue weighted by atomic mass is 10.1. The summed E-state index contributed by atoms with van der Waals surface area (Å²) in [7, 11) is 0. The van der Waals surface area contributed by atoms with Crippen LogP contribution in [0.4, 0.5) is 11.4 Å². The Morgan fingerprint density at radius 2 is 1.88 bits per heavy atom. The predicted molar refractivity (Wildman–Crippen MR) is 88.1 cm³/mol. The number of carbonyl (C=O) groups excluding carboxylic acids is 1. The Bertz CT molecular complexity index is 1010. The quantitative estimate of drug-likeness (QED) is 0.557. The second kappa shape index (κ2) is 6.13. The highest BCUT2D eigenvalue weighted by Gasteiger charge is 2.14. The molecule has 1 amide bonds. The van der Waals surface area contributed by atoms with Crippen molar-refractivity contribution in [3.63, 3.8) is 0 Å². The molecule has 0 bridgehead atoms. The second-order valence-corrected chi connectivity index (χ2v) is 5.37. The highest BCUT2D eigenvalue weighted by molar-refractivity contribution is 6.30. The topological polar surface area (TPSA) is 109 Å². The fourth-order valence-electron chi connectivity index (χ4n) is 2.14. The van der Waals surface area contributed by atoms with Crippen LogP contribution in [0.3, 0.4) is 0 Å². The first-order chi connectivity index (χ1) is 11.4. The van der Waals surface area contributed by atoms with Gasteiger partial charge in [-0.1, -0.05) is 11.6 Å². The van der Waals surface area contributed by atoms with Gasteiger partial charge in [0.15, 0.2) is 0 Å². The van der Waals surface area contributed by atoms with Gasteiger partial charge in [0.2, 0.25) is 5.55 Å². The third-order valence-corrected chi connectivity index (χ3v) is 3.56. The lowest BCUT2D eigenvalue weighted by Crippen LogP contribution is -2.20. The van der Waals surface area contributed by atoms with Gasteiger partial charge < -0.3 is 9.73 Å². The van der Waals surface area contributed by atoms with Gasteiger partial charge in [-0.15, -0.1) is 0 Å². The van der Waals surface area contributed by atoms with Crippen molar-refractivity contribution in [2.45, 2.75) is 0 Å². The van der Waals surface area contributed by atoms with Gasteiger partial charge in [0.1, 0.15) is 11.1 Å². The number of carbonyl (C=O) groups is 1. The van der Waals surface area contributed by atoms with Crippen molar-refractivity contribution in [1.82, 2.24) is 0 Å². The van der Waals surface area contributed by atoms with Crippen LogP contribution < -0.4 is 10.9 Å². The molecule has 0 saturated heterocycles. The lowest BCUT2D eigenvalue weighted by Gasteiger charge is -2.06. The van der Waals surface area contributed by atoms with E-state index in [0.717, 1.165) is 0 Å². The Morgan fingerprint density at radius 1 is 1.17 bits per heavy atom. The number of benzene rings is 2. The summed E-state index contributed by atoms with van der Waals surface area (Å²) in [6.45, 7) is 0. The molecule has 0 aliphatic rings. The molecule has 2 aromatic carbocycles. The van der Waals surface area contributed by atoms with E-state index in [2.05, 4.69) is 5.32 Å². The Morgan fingerprint density at radius 3 is 2.54 bits per heavy atom. The number of amides is 1. The molecule has 24 heavy (non-hydrogen) atoms. The zero-order valence-corrected chi connectivity index (χ0v) is 12.8. The molecular formula is C16H10ClN3O4. The number of rotatable bonds is 3. The van der Waals surface area contributed by atoms with Gasteiger partial charge in [-0.05, 0) is 36.4 Å². The number of nitrogens with zero attached hydrogens (tertiary/aromatic N) is 1. The predicted octanol–water partition coefficient (Wildman–Crippen LogP) is 3.73. The minimum Gasteiger partial charge on any atom is -0.438 e. The van der Waals surface area contributed by atoms with Crippen LogP contribution in [0.25, 0.3) is 11.0 Å². The van der Waals surface area contributed by atoms with Crippen molar-refractivity contribution < 1.29 is 14.1 Å². The SMILES string of the molecule is N=c1oc2ccc([N+](=O)[O-])cc2cc1C(=O)Nc1ccc(Cl)cc1. The van der Waals surface area contributed by atoms with Crippen LogP contribution in [-0.2, 0) is 0 Å². The number of halogens is 1. The summed E-state index contributed by atoms with van der Waals surface area (Å²) in [6.07, 6.45) is 0. The van der Waals surface area contributed by atoms with Crippen LogP contribution in [0, 0.1) is 15.5 Å². The summed E-state index contributed by atoms with van der Waals surface area (Å²) >= 11 is 5.78. The van der Waals surface area contributed by atoms with E-state index in [1.807, 2.05) is 0 Å². The zero-order valence-electron chi connectivity index (χ0n) is 12.1. The standard InChI is InChI=1S/C16H10ClN3O4/c17-10-1-3-11(4-2-10)19-16(21)13-8-9-7-12(20(22)23)5-6-14(9)24-15(13)18/h1-8,18H,(H,19,21). The van der Waals surface area contributed by atoms with Crippen molar-refractivity contribution in [2.75, 3.05) is 5.32 Å². The Hall–Kier alpha value is -3.19. The molecule has 0 fully saturated rings. The van der Waals surface area contributed by atoms with Crippen LogP contribution in [0.1, 0.15) is 10.4 Å². The smallest absolute Gasteiger partial charge is 0.270 e. The summed E-state index contributed by atoms with van der Waals surface area (Å²) in [4.78, 5) is 22.6. The molecule has 0 atom stereocenters. The van der Waals surface area contributed by atoms with E-state index in [1.54, 1.807) is 24.3 Å². The van der Waals surface area contributed by atoms with Gasteiger partial charge in [0.25, 0.3) is 11.6 Å². The molecule has 0 aliphatic heterocycles. The molecule has 1 aromatic heterocycles. The minimum absolute atomic E-state index is 0.0297. The zero-order chi connectivity index (χ0) is 17.3. The van der Waals surface area contributed by atoms with Gasteiger partial charge in [-0.3, -0.25) is 20.3 Å². The average Bonchev–Trinajstić information content (AvgIpc) is 2.55. The van der Waals surface area contributed by atoms with Crippen LogP contribution in [0.5, 0.6) is 0 Å². The van der Waals surface area contributed by atoms with Crippen molar-refractivity contribution in [3.8, 4) is 0 Å². The first-order valence-corrected chi connectivity index (χ1v) is 7.15. The minimum atomic E-state index is -0.556. The lowest BCUT2D eigenvalue weighted by molar-refractivity contribution is -0.384. The Labute approximate surface area is 140 Å². The second-order valence-electron chi connectivity index (χ2n) is 4.93. The van der Waals surface area contributed by atoms with E-state index in [1.165, 1.54) is 24.3 Å². The number of nitrogens with one attached hydrogen (secondary N) is 2. The summed E-state index contributed by atoms with van der Waals surface area (Å²) < 4.78 is 5.27. The summed E-state index contributed by atoms with van der Waals surface area (Å²) in [6, 6.07) is 11.8. The van der Waals surface area contributed by atoms with Crippen LogP contribution >= 0.6 is 11.6 Å². The average molecular weight is 344 g/mol. The Balaban J connectivity index is 1.99. The molecule has 3 aromatic rings. The van der Waals surface area contributed by atoms with E-state index >= 15 is 0 Å². The van der Waals surface area contributed by atoms with Gasteiger partial charge in [-0.2, -0.15) is 0 Å². The van der Waals surface area contributed by atoms with Crippen molar-refractivity contribution in [2.24, 2.45) is 0 Å². The number of fused-ring (bicyclic) bond motifs is 1. The van der Waals surface area contributed by atoms with E-state index in [-0.39, 0.29) is 22.4 Å². The molecule has 1 heterocycles. The molecule has 3 rings (SSSR count). The van der Waals surface area contributed by atoms with E-state index in [4.69, 9.17) is 21.4 Å². The first-order valence-electron chi connectivity index (χ1n) is 6.78. The molecule has 2 N–H and O–H groups in total. The monoisotopic (exact) mass is 343 g/mol. The van der Waals surface area contributed by atoms with E-state index in [0.29, 0.717) is 16.1 Å². The van der Waals surface area contributed by atoms with Crippen LogP contribution in [0.15, 0.2) is 52.9 Å². The summed E-state index contributed by atoms with van der Waals surface area (Å²) in [5.41, 5.74) is 0.303. The van der Waals surface area contributed by atoms with Crippen molar-refractivity contribution >= 4 is 39.9 Å². The third kappa shape index (κ3) is 3.11. The maximum atomic E-state index is 12.3. The van der Waals surface area contributed by atoms with Gasteiger partial charge in [-0.25, -0.2) is 0 Å². The Kier molecular flexibility index (Phi) is 4.01. The summed E-state index contributed by atoms with van der Waals surface area (Å²) in [5.74, 6) is -0.556. The normalized spacial score (nSPS) is 10.5. The van der Waals surface area contributed by atoms with Crippen molar-refractivity contribution in [1.29, 1.82) is 5.41 Å². The maximum absolute atomic E-state index is 12.3. The number of nitro benzene ring substituents is 1. The van der Waals surface area contributed by atoms with Gasteiger partial charge >= 0.3 is 0 Å². The largest absolute Gasteiger partial charge is 0.438 e. The molecule has 7 nitrogen and oxygen atoms in total. The fourth-order valence-corrected chi connectivity index (χ4v) is 2.27. The number of non-ortho nitro benzene ring substituents is 1. The first kappa shape index (κ1) is 15.7. The number of nitro groups is 1. The molecule has 0 radical (unpaired) electrons. The van der Waals surface area contributed by atoms with E-state index < -0.39 is 10.8 Å². The fraction of sp³-hybridized carbons (Fsp3) is 0. The van der Waals surface area contributed by atoms with E-state index in [9.17, 15) is 14.9 Å². The van der Waals surface area contributed by atoms with Crippen LogP contribution in [-0.4, -0.2) is 10.8 Å².